The van der Waals surface area contributed by atoms with E-state index in [1.807, 2.05) is 24.3 Å². The van der Waals surface area contributed by atoms with E-state index in [1.165, 1.54) is 19.2 Å². The smallest absolute Gasteiger partial charge is 0.322 e. The quantitative estimate of drug-likeness (QED) is 0.723. The van der Waals surface area contributed by atoms with Crippen LogP contribution in [0.1, 0.15) is 25.7 Å². The van der Waals surface area contributed by atoms with Crippen LogP contribution in [-0.4, -0.2) is 49.8 Å². The highest BCUT2D eigenvalue weighted by Crippen LogP contribution is 2.31. The molecule has 0 amide bonds. The van der Waals surface area contributed by atoms with E-state index in [0.29, 0.717) is 25.7 Å². The van der Waals surface area contributed by atoms with E-state index in [4.69, 9.17) is 4.74 Å². The van der Waals surface area contributed by atoms with Gasteiger partial charge in [0.05, 0.1) is 12.0 Å². The third-order valence-corrected chi connectivity index (χ3v) is 7.49. The second-order valence-electron chi connectivity index (χ2n) is 7.43. The van der Waals surface area contributed by atoms with Gasteiger partial charge in [0.25, 0.3) is 0 Å². The monoisotopic (exact) mass is 431 g/mol. The lowest BCUT2D eigenvalue weighted by molar-refractivity contribution is -0.144. The fourth-order valence-corrected chi connectivity index (χ4v) is 5.22. The normalized spacial score (nSPS) is 16.4. The number of methoxy groups -OCH3 is 1. The van der Waals surface area contributed by atoms with Gasteiger partial charge in [-0.2, -0.15) is 4.31 Å². The fraction of sp³-hybridized carbons (Fsp3) is 0.364. The van der Waals surface area contributed by atoms with Crippen LogP contribution in [0.4, 0.5) is 0 Å². The number of nitrogens with zero attached hydrogens (tertiary/aromatic N) is 1. The van der Waals surface area contributed by atoms with E-state index in [-0.39, 0.29) is 10.7 Å². The van der Waals surface area contributed by atoms with Gasteiger partial charge in [-0.3, -0.25) is 9.59 Å². The predicted molar refractivity (Wildman–Crippen MR) is 112 cm³/mol. The van der Waals surface area contributed by atoms with Crippen LogP contribution in [0, 0.1) is 5.92 Å². The molecule has 0 bridgehead atoms. The molecule has 2 aromatic rings. The molecule has 0 unspecified atom stereocenters. The SMILES string of the molecule is COc1ccc(-c2ccc(S(=O)(=O)N(C)[C@@H](C(=O)O)C3CCC(=O)CC3)cc2)cc1. The second-order valence-corrected chi connectivity index (χ2v) is 9.43. The first-order valence-electron chi connectivity index (χ1n) is 9.71. The van der Waals surface area contributed by atoms with Gasteiger partial charge in [0, 0.05) is 19.9 Å². The summed E-state index contributed by atoms with van der Waals surface area (Å²) in [5.74, 6) is -0.771. The summed E-state index contributed by atoms with van der Waals surface area (Å²) in [6.07, 6.45) is 1.34. The first-order chi connectivity index (χ1) is 14.2. The number of benzene rings is 2. The molecule has 1 fully saturated rings. The van der Waals surface area contributed by atoms with Crippen molar-refractivity contribution in [2.24, 2.45) is 5.92 Å². The summed E-state index contributed by atoms with van der Waals surface area (Å²) in [6.45, 7) is 0. The van der Waals surface area contributed by atoms with Crippen LogP contribution in [0.15, 0.2) is 53.4 Å². The van der Waals surface area contributed by atoms with Crippen LogP contribution in [0.2, 0.25) is 0 Å². The van der Waals surface area contributed by atoms with Crippen molar-refractivity contribution in [3.8, 4) is 16.9 Å². The number of ether oxygens (including phenoxy) is 1. The number of sulfonamides is 1. The maximum Gasteiger partial charge on any atom is 0.322 e. The Hall–Kier alpha value is -2.71. The number of rotatable bonds is 7. The molecule has 0 aliphatic heterocycles. The maximum atomic E-state index is 13.1. The molecule has 160 valence electrons. The van der Waals surface area contributed by atoms with E-state index < -0.39 is 28.0 Å². The Labute approximate surface area is 176 Å². The standard InChI is InChI=1S/C22H25NO6S/c1-23(21(22(25)26)17-3-9-18(24)10-4-17)30(27,28)20-13-7-16(8-14-20)15-5-11-19(29-2)12-6-15/h5-8,11-14,17,21H,3-4,9-10H2,1-2H3,(H,25,26)/t21-/m1/s1. The highest BCUT2D eigenvalue weighted by atomic mass is 32.2. The zero-order chi connectivity index (χ0) is 21.9. The zero-order valence-corrected chi connectivity index (χ0v) is 17.8. The molecule has 0 radical (unpaired) electrons. The molecule has 0 aromatic heterocycles. The average Bonchev–Trinajstić information content (AvgIpc) is 2.75. The van der Waals surface area contributed by atoms with Gasteiger partial charge >= 0.3 is 5.97 Å². The maximum absolute atomic E-state index is 13.1. The topological polar surface area (TPSA) is 101 Å². The lowest BCUT2D eigenvalue weighted by Gasteiger charge is -2.32. The summed E-state index contributed by atoms with van der Waals surface area (Å²) in [7, 11) is -1.13. The molecular formula is C22H25NO6S. The van der Waals surface area contributed by atoms with Gasteiger partial charge in [-0.1, -0.05) is 24.3 Å². The van der Waals surface area contributed by atoms with Gasteiger partial charge in [0.15, 0.2) is 0 Å². The summed E-state index contributed by atoms with van der Waals surface area (Å²) in [4.78, 5) is 23.4. The van der Waals surface area contributed by atoms with Crippen LogP contribution in [0.25, 0.3) is 11.1 Å². The van der Waals surface area contributed by atoms with Gasteiger partial charge in [-0.15, -0.1) is 0 Å². The molecule has 1 aliphatic rings. The largest absolute Gasteiger partial charge is 0.497 e. The van der Waals surface area contributed by atoms with Crippen LogP contribution in [0.3, 0.4) is 0 Å². The Bertz CT molecular complexity index is 1000. The molecule has 1 aliphatic carbocycles. The first-order valence-corrected chi connectivity index (χ1v) is 11.1. The number of ketones is 1. The van der Waals surface area contributed by atoms with Crippen LogP contribution in [0.5, 0.6) is 5.75 Å². The number of likely N-dealkylation sites (N-methyl/N-ethyl adjacent to an activating group) is 1. The summed E-state index contributed by atoms with van der Waals surface area (Å²) < 4.78 is 32.3. The molecule has 3 rings (SSSR count). The Morgan fingerprint density at radius 2 is 1.53 bits per heavy atom. The predicted octanol–water partition coefficient (Wildman–Crippen LogP) is 3.20. The molecule has 7 nitrogen and oxygen atoms in total. The third-order valence-electron chi connectivity index (χ3n) is 5.63. The molecule has 8 heteroatoms. The Balaban J connectivity index is 1.83. The number of aliphatic carboxylic acids is 1. The molecular weight excluding hydrogens is 406 g/mol. The molecule has 1 saturated carbocycles. The van der Waals surface area contributed by atoms with Crippen LogP contribution >= 0.6 is 0 Å². The number of Topliss-reactive ketones (excluding diaryl/α,β-unsaturated/α-hetero) is 1. The van der Waals surface area contributed by atoms with Gasteiger partial charge in [0.1, 0.15) is 17.6 Å². The van der Waals surface area contributed by atoms with Crippen molar-refractivity contribution in [1.82, 2.24) is 4.31 Å². The summed E-state index contributed by atoms with van der Waals surface area (Å²) in [5, 5.41) is 9.71. The van der Waals surface area contributed by atoms with Crippen molar-refractivity contribution in [3.05, 3.63) is 48.5 Å². The number of carbonyl (C=O) groups is 2. The van der Waals surface area contributed by atoms with E-state index >= 15 is 0 Å². The highest BCUT2D eigenvalue weighted by Gasteiger charge is 2.39. The summed E-state index contributed by atoms with van der Waals surface area (Å²) in [6, 6.07) is 12.5. The van der Waals surface area contributed by atoms with E-state index in [1.54, 1.807) is 19.2 Å². The van der Waals surface area contributed by atoms with Crippen LogP contribution < -0.4 is 4.74 Å². The Morgan fingerprint density at radius 3 is 2.00 bits per heavy atom. The van der Waals surface area contributed by atoms with Crippen molar-refractivity contribution in [2.45, 2.75) is 36.6 Å². The molecule has 30 heavy (non-hydrogen) atoms. The molecule has 0 heterocycles. The van der Waals surface area contributed by atoms with Crippen molar-refractivity contribution >= 4 is 21.8 Å². The van der Waals surface area contributed by atoms with Crippen molar-refractivity contribution in [3.63, 3.8) is 0 Å². The molecule has 0 spiro atoms. The Morgan fingerprint density at radius 1 is 1.03 bits per heavy atom. The summed E-state index contributed by atoms with van der Waals surface area (Å²) in [5.41, 5.74) is 1.74. The van der Waals surface area contributed by atoms with Gasteiger partial charge in [-0.05, 0) is 54.2 Å². The minimum Gasteiger partial charge on any atom is -0.497 e. The minimum atomic E-state index is -4.01. The first kappa shape index (κ1) is 22.0. The lowest BCUT2D eigenvalue weighted by atomic mass is 9.83. The number of hydrogen-bond donors (Lipinski definition) is 1. The Kier molecular flexibility index (Phi) is 6.58. The van der Waals surface area contributed by atoms with E-state index in [0.717, 1.165) is 21.2 Å². The fourth-order valence-electron chi connectivity index (χ4n) is 3.85. The number of hydrogen-bond acceptors (Lipinski definition) is 5. The van der Waals surface area contributed by atoms with Gasteiger partial charge < -0.3 is 9.84 Å². The number of carbonyl (C=O) groups excluding carboxylic acids is 1. The lowest BCUT2D eigenvalue weighted by Crippen LogP contribution is -2.48. The van der Waals surface area contributed by atoms with Crippen molar-refractivity contribution < 1.29 is 27.9 Å². The minimum absolute atomic E-state index is 0.0281. The van der Waals surface area contributed by atoms with Crippen molar-refractivity contribution in [2.75, 3.05) is 14.2 Å². The number of carboxylic acids is 1. The third kappa shape index (κ3) is 4.55. The average molecular weight is 432 g/mol. The molecule has 0 saturated heterocycles. The summed E-state index contributed by atoms with van der Waals surface area (Å²) >= 11 is 0. The van der Waals surface area contributed by atoms with Crippen molar-refractivity contribution in [1.29, 1.82) is 0 Å². The van der Waals surface area contributed by atoms with Gasteiger partial charge in [-0.25, -0.2) is 8.42 Å². The number of carboxylic acid groups (broad SMARTS) is 1. The molecule has 1 N–H and O–H groups in total. The van der Waals surface area contributed by atoms with Crippen LogP contribution in [-0.2, 0) is 19.6 Å². The highest BCUT2D eigenvalue weighted by molar-refractivity contribution is 7.89. The molecule has 2 aromatic carbocycles. The second kappa shape index (κ2) is 8.97. The van der Waals surface area contributed by atoms with E-state index in [9.17, 15) is 23.1 Å². The molecule has 1 atom stereocenters. The zero-order valence-electron chi connectivity index (χ0n) is 16.9. The van der Waals surface area contributed by atoms with E-state index in [2.05, 4.69) is 0 Å². The van der Waals surface area contributed by atoms with Gasteiger partial charge in [0.2, 0.25) is 10.0 Å².